The summed E-state index contributed by atoms with van der Waals surface area (Å²) >= 11 is 1.69. The summed E-state index contributed by atoms with van der Waals surface area (Å²) in [5.74, 6) is 5.98. The second-order valence-corrected chi connectivity index (χ2v) is 5.30. The van der Waals surface area contributed by atoms with E-state index in [0.717, 1.165) is 18.2 Å². The monoisotopic (exact) mass is 309 g/mol. The number of hydrogen-bond donors (Lipinski definition) is 2. The number of nitrogens with zero attached hydrogens (tertiary/aromatic N) is 3. The van der Waals surface area contributed by atoms with Gasteiger partial charge >= 0.3 is 6.18 Å². The summed E-state index contributed by atoms with van der Waals surface area (Å²) in [6.07, 6.45) is -1.71. The Balaban J connectivity index is 3.04. The van der Waals surface area contributed by atoms with Gasteiger partial charge in [0.15, 0.2) is 5.69 Å². The van der Waals surface area contributed by atoms with E-state index in [1.54, 1.807) is 23.7 Å². The van der Waals surface area contributed by atoms with Crippen molar-refractivity contribution in [3.63, 3.8) is 0 Å². The normalized spacial score (nSPS) is 13.2. The second kappa shape index (κ2) is 6.98. The van der Waals surface area contributed by atoms with Crippen LogP contribution in [0.4, 0.5) is 24.9 Å². The molecule has 3 N–H and O–H groups in total. The van der Waals surface area contributed by atoms with E-state index in [9.17, 15) is 13.2 Å². The smallest absolute Gasteiger partial charge is 0.357 e. The zero-order valence-electron chi connectivity index (χ0n) is 11.5. The molecule has 0 aromatic carbocycles. The van der Waals surface area contributed by atoms with Gasteiger partial charge in [-0.15, -0.1) is 0 Å². The molecule has 0 saturated carbocycles. The molecule has 1 heterocycles. The predicted molar refractivity (Wildman–Crippen MR) is 75.7 cm³/mol. The number of aromatic nitrogens is 2. The molecule has 5 nitrogen and oxygen atoms in total. The van der Waals surface area contributed by atoms with Crippen molar-refractivity contribution in [2.45, 2.75) is 25.6 Å². The quantitative estimate of drug-likeness (QED) is 0.621. The molecular weight excluding hydrogens is 291 g/mol. The average molecular weight is 309 g/mol. The first-order valence-electron chi connectivity index (χ1n) is 5.94. The molecule has 0 saturated heterocycles. The molecular formula is C11H18F3N5S. The van der Waals surface area contributed by atoms with Crippen LogP contribution in [0.1, 0.15) is 19.0 Å². The van der Waals surface area contributed by atoms with Crippen LogP contribution in [0.2, 0.25) is 0 Å². The van der Waals surface area contributed by atoms with E-state index in [4.69, 9.17) is 5.84 Å². The highest BCUT2D eigenvalue weighted by atomic mass is 32.2. The number of nitrogens with two attached hydrogens (primary N) is 1. The van der Waals surface area contributed by atoms with E-state index in [1.807, 2.05) is 13.2 Å². The van der Waals surface area contributed by atoms with Crippen LogP contribution in [0.15, 0.2) is 6.07 Å². The van der Waals surface area contributed by atoms with E-state index >= 15 is 0 Å². The Hall–Kier alpha value is -1.22. The lowest BCUT2D eigenvalue weighted by Crippen LogP contribution is -2.31. The summed E-state index contributed by atoms with van der Waals surface area (Å²) < 4.78 is 38.3. The Bertz CT molecular complexity index is 441. The highest BCUT2D eigenvalue weighted by Gasteiger charge is 2.34. The number of thioether (sulfide) groups is 1. The predicted octanol–water partition coefficient (Wildman–Crippen LogP) is 2.36. The van der Waals surface area contributed by atoms with E-state index in [2.05, 4.69) is 15.4 Å². The first-order chi connectivity index (χ1) is 9.29. The van der Waals surface area contributed by atoms with Gasteiger partial charge in [0.25, 0.3) is 0 Å². The van der Waals surface area contributed by atoms with E-state index in [1.165, 1.54) is 0 Å². The topological polar surface area (TPSA) is 67.1 Å². The third-order valence-corrected chi connectivity index (χ3v) is 3.54. The summed E-state index contributed by atoms with van der Waals surface area (Å²) in [5, 5.41) is 0. The average Bonchev–Trinajstić information content (AvgIpc) is 2.42. The minimum Gasteiger partial charge on any atom is -0.357 e. The fraction of sp³-hybridized carbons (Fsp3) is 0.636. The van der Waals surface area contributed by atoms with Crippen molar-refractivity contribution in [2.24, 2.45) is 5.84 Å². The fourth-order valence-electron chi connectivity index (χ4n) is 1.53. The molecule has 1 atom stereocenters. The Morgan fingerprint density at radius 3 is 2.60 bits per heavy atom. The molecule has 114 valence electrons. The number of rotatable bonds is 6. The summed E-state index contributed by atoms with van der Waals surface area (Å²) in [7, 11) is 1.70. The van der Waals surface area contributed by atoms with Crippen LogP contribution >= 0.6 is 11.8 Å². The van der Waals surface area contributed by atoms with Crippen molar-refractivity contribution in [2.75, 3.05) is 29.4 Å². The molecule has 0 aliphatic rings. The van der Waals surface area contributed by atoms with E-state index in [-0.39, 0.29) is 17.8 Å². The molecule has 20 heavy (non-hydrogen) atoms. The highest BCUT2D eigenvalue weighted by Crippen LogP contribution is 2.30. The number of hydrazine groups is 1. The molecule has 1 aromatic heterocycles. The number of alkyl halides is 3. The van der Waals surface area contributed by atoms with Crippen molar-refractivity contribution < 1.29 is 13.2 Å². The standard InChI is InChI=1S/C11H18F3N5S/c1-7(4-5-20-3)19(2)9-6-8(11(12,13)14)16-10(17-9)18-15/h6-7H,4-5,15H2,1-3H3,(H,16,17,18). The van der Waals surface area contributed by atoms with Crippen molar-refractivity contribution in [3.8, 4) is 0 Å². The van der Waals surface area contributed by atoms with Gasteiger partial charge in [-0.05, 0) is 25.4 Å². The molecule has 0 amide bonds. The number of halogens is 3. The maximum absolute atomic E-state index is 12.8. The molecule has 0 aliphatic heterocycles. The minimum atomic E-state index is -4.54. The molecule has 0 bridgehead atoms. The summed E-state index contributed by atoms with van der Waals surface area (Å²) in [6.45, 7) is 1.93. The van der Waals surface area contributed by atoms with Gasteiger partial charge in [0.05, 0.1) is 0 Å². The van der Waals surface area contributed by atoms with Crippen LogP contribution in [-0.2, 0) is 6.18 Å². The Morgan fingerprint density at radius 2 is 2.10 bits per heavy atom. The molecule has 1 unspecified atom stereocenters. The van der Waals surface area contributed by atoms with Crippen LogP contribution < -0.4 is 16.2 Å². The largest absolute Gasteiger partial charge is 0.433 e. The van der Waals surface area contributed by atoms with Crippen molar-refractivity contribution in [3.05, 3.63) is 11.8 Å². The number of nitrogen functional groups attached to an aromatic ring is 1. The Morgan fingerprint density at radius 1 is 1.45 bits per heavy atom. The first kappa shape index (κ1) is 16.8. The lowest BCUT2D eigenvalue weighted by Gasteiger charge is -2.26. The van der Waals surface area contributed by atoms with Gasteiger partial charge in [-0.2, -0.15) is 29.9 Å². The van der Waals surface area contributed by atoms with Gasteiger partial charge in [0.1, 0.15) is 5.82 Å². The highest BCUT2D eigenvalue weighted by molar-refractivity contribution is 7.98. The van der Waals surface area contributed by atoms with Gasteiger partial charge in [0, 0.05) is 19.2 Å². The molecule has 0 spiro atoms. The number of anilines is 2. The number of nitrogens with one attached hydrogen (secondary N) is 1. The van der Waals surface area contributed by atoms with E-state index in [0.29, 0.717) is 0 Å². The third-order valence-electron chi connectivity index (χ3n) is 2.89. The second-order valence-electron chi connectivity index (χ2n) is 4.32. The molecule has 9 heteroatoms. The van der Waals surface area contributed by atoms with Gasteiger partial charge in [-0.3, -0.25) is 5.43 Å². The van der Waals surface area contributed by atoms with Crippen LogP contribution in [0.25, 0.3) is 0 Å². The zero-order valence-corrected chi connectivity index (χ0v) is 12.3. The summed E-state index contributed by atoms with van der Waals surface area (Å²) in [4.78, 5) is 8.98. The molecule has 0 fully saturated rings. The van der Waals surface area contributed by atoms with Gasteiger partial charge < -0.3 is 4.90 Å². The minimum absolute atomic E-state index is 0.0593. The molecule has 1 rings (SSSR count). The van der Waals surface area contributed by atoms with Crippen molar-refractivity contribution >= 4 is 23.5 Å². The molecule has 1 aromatic rings. The Labute approximate surface area is 120 Å². The lowest BCUT2D eigenvalue weighted by atomic mass is 10.2. The zero-order chi connectivity index (χ0) is 15.3. The SMILES string of the molecule is CSCCC(C)N(C)c1cc(C(F)(F)F)nc(NN)n1. The van der Waals surface area contributed by atoms with Crippen molar-refractivity contribution in [1.29, 1.82) is 0 Å². The molecule has 0 radical (unpaired) electrons. The maximum atomic E-state index is 12.8. The van der Waals surface area contributed by atoms with Crippen LogP contribution in [-0.4, -0.2) is 35.1 Å². The van der Waals surface area contributed by atoms with Gasteiger partial charge in [0.2, 0.25) is 5.95 Å². The molecule has 0 aliphatic carbocycles. The van der Waals surface area contributed by atoms with E-state index < -0.39 is 11.9 Å². The Kier molecular flexibility index (Phi) is 5.88. The van der Waals surface area contributed by atoms with Crippen LogP contribution in [0.3, 0.4) is 0 Å². The van der Waals surface area contributed by atoms with Crippen LogP contribution in [0, 0.1) is 0 Å². The lowest BCUT2D eigenvalue weighted by molar-refractivity contribution is -0.141. The summed E-state index contributed by atoms with van der Waals surface area (Å²) in [6, 6.07) is 0.986. The first-order valence-corrected chi connectivity index (χ1v) is 7.33. The maximum Gasteiger partial charge on any atom is 0.433 e. The summed E-state index contributed by atoms with van der Waals surface area (Å²) in [5.41, 5.74) is 1.05. The van der Waals surface area contributed by atoms with Crippen molar-refractivity contribution in [1.82, 2.24) is 9.97 Å². The van der Waals surface area contributed by atoms with Gasteiger partial charge in [-0.25, -0.2) is 10.8 Å². The number of hydrogen-bond acceptors (Lipinski definition) is 6. The fourth-order valence-corrected chi connectivity index (χ4v) is 2.11. The van der Waals surface area contributed by atoms with Crippen LogP contribution in [0.5, 0.6) is 0 Å². The van der Waals surface area contributed by atoms with Gasteiger partial charge in [-0.1, -0.05) is 0 Å². The third kappa shape index (κ3) is 4.41.